The van der Waals surface area contributed by atoms with Crippen LogP contribution in [-0.2, 0) is 16.1 Å². The molecule has 2 aromatic rings. The van der Waals surface area contributed by atoms with Crippen LogP contribution in [0, 0.1) is 23.7 Å². The highest BCUT2D eigenvalue weighted by Gasteiger charge is 2.25. The number of ether oxygens (including phenoxy) is 1. The van der Waals surface area contributed by atoms with E-state index in [-0.39, 0.29) is 5.56 Å². The first-order valence-corrected chi connectivity index (χ1v) is 11.2. The van der Waals surface area contributed by atoms with Crippen molar-refractivity contribution >= 4 is 23.2 Å². The van der Waals surface area contributed by atoms with E-state index in [0.29, 0.717) is 5.56 Å². The Bertz CT molecular complexity index is 1080. The fourth-order valence-electron chi connectivity index (χ4n) is 3.11. The van der Waals surface area contributed by atoms with Crippen molar-refractivity contribution in [2.75, 3.05) is 26.3 Å². The van der Waals surface area contributed by atoms with E-state index in [1.807, 2.05) is 6.07 Å². The van der Waals surface area contributed by atoms with Gasteiger partial charge in [-0.3, -0.25) is 19.7 Å². The lowest BCUT2D eigenvalue weighted by Gasteiger charge is -2.25. The molecule has 0 spiro atoms. The Kier molecular flexibility index (Phi) is 9.02. The number of aliphatic hydroxyl groups excluding tert-OH is 1. The Morgan fingerprint density at radius 3 is 2.48 bits per heavy atom. The third-order valence-electron chi connectivity index (χ3n) is 4.91. The van der Waals surface area contributed by atoms with Crippen molar-refractivity contribution in [2.45, 2.75) is 25.6 Å². The summed E-state index contributed by atoms with van der Waals surface area (Å²) < 4.78 is 5.37. The molecule has 1 aliphatic heterocycles. The molecule has 1 fully saturated rings. The van der Waals surface area contributed by atoms with Gasteiger partial charge in [-0.05, 0) is 61.1 Å². The topological polar surface area (TPSA) is 111 Å². The molecule has 2 atom stereocenters. The van der Waals surface area contributed by atoms with E-state index in [1.54, 1.807) is 35.6 Å². The van der Waals surface area contributed by atoms with Crippen LogP contribution in [-0.4, -0.2) is 65.5 Å². The lowest BCUT2D eigenvalue weighted by molar-refractivity contribution is -0.133. The number of thiophene rings is 1. The van der Waals surface area contributed by atoms with Crippen molar-refractivity contribution in [3.8, 4) is 23.7 Å². The van der Waals surface area contributed by atoms with Crippen LogP contribution in [0.2, 0.25) is 0 Å². The zero-order valence-corrected chi connectivity index (χ0v) is 18.9. The Morgan fingerprint density at radius 1 is 1.12 bits per heavy atom. The van der Waals surface area contributed by atoms with Crippen LogP contribution in [0.4, 0.5) is 0 Å². The molecule has 0 aliphatic carbocycles. The average molecular weight is 468 g/mol. The van der Waals surface area contributed by atoms with Gasteiger partial charge in [-0.2, -0.15) is 0 Å². The number of carbonyl (C=O) groups excluding carboxylic acids is 2. The minimum Gasteiger partial charge on any atom is -0.391 e. The molecule has 4 N–H and O–H groups in total. The van der Waals surface area contributed by atoms with Crippen molar-refractivity contribution in [1.29, 1.82) is 0 Å². The number of carbonyl (C=O) groups is 2. The Balaban J connectivity index is 1.55. The van der Waals surface area contributed by atoms with E-state index in [2.05, 4.69) is 40.0 Å². The van der Waals surface area contributed by atoms with E-state index >= 15 is 0 Å². The molecule has 172 valence electrons. The number of hydrogen-bond acceptors (Lipinski definition) is 7. The summed E-state index contributed by atoms with van der Waals surface area (Å²) in [5.41, 5.74) is 2.39. The minimum absolute atomic E-state index is 0.286. The van der Waals surface area contributed by atoms with E-state index in [4.69, 9.17) is 9.94 Å². The summed E-state index contributed by atoms with van der Waals surface area (Å²) in [7, 11) is 0. The molecular formula is C24H25N3O5S. The monoisotopic (exact) mass is 467 g/mol. The molecule has 0 saturated carbocycles. The van der Waals surface area contributed by atoms with Crippen molar-refractivity contribution in [1.82, 2.24) is 15.7 Å². The van der Waals surface area contributed by atoms with Crippen molar-refractivity contribution in [2.24, 2.45) is 0 Å². The van der Waals surface area contributed by atoms with Gasteiger partial charge in [0.05, 0.1) is 24.2 Å². The molecule has 3 rings (SSSR count). The number of amides is 2. The molecule has 0 unspecified atom stereocenters. The SMILES string of the molecule is C[C@@H](O)[C@H](NC(=O)c1ccc(C#CC#Cc2ccc(CN3CCOCC3)s2)cc1)C(=O)NO. The number of nitrogens with zero attached hydrogens (tertiary/aromatic N) is 1. The van der Waals surface area contributed by atoms with Crippen LogP contribution in [0.1, 0.15) is 32.6 Å². The number of benzene rings is 1. The molecule has 33 heavy (non-hydrogen) atoms. The summed E-state index contributed by atoms with van der Waals surface area (Å²) in [6.45, 7) is 5.70. The summed E-state index contributed by atoms with van der Waals surface area (Å²) in [6, 6.07) is 9.26. The first-order chi connectivity index (χ1) is 16.0. The molecule has 0 bridgehead atoms. The average Bonchev–Trinajstić information content (AvgIpc) is 3.27. The first-order valence-electron chi connectivity index (χ1n) is 10.4. The normalized spacial score (nSPS) is 15.2. The molecule has 0 radical (unpaired) electrons. The Hall–Kier alpha value is -3.18. The van der Waals surface area contributed by atoms with Gasteiger partial charge in [-0.15, -0.1) is 11.3 Å². The molecule has 1 aliphatic rings. The number of hydrogen-bond donors (Lipinski definition) is 4. The van der Waals surface area contributed by atoms with Crippen molar-refractivity contribution < 1.29 is 24.6 Å². The van der Waals surface area contributed by atoms with Gasteiger partial charge in [0.1, 0.15) is 6.04 Å². The van der Waals surface area contributed by atoms with E-state index in [0.717, 1.165) is 37.7 Å². The number of rotatable bonds is 6. The standard InChI is InChI=1S/C24H25N3O5S/c1-17(28)22(24(30)26-31)25-23(29)19-8-6-18(7-9-19)4-2-3-5-20-10-11-21(33-20)16-27-12-14-32-15-13-27/h6-11,17,22,28,31H,12-16H2,1H3,(H,25,29)(H,26,30)/t17-,22+/m1/s1. The zero-order valence-electron chi connectivity index (χ0n) is 18.1. The van der Waals surface area contributed by atoms with Gasteiger partial charge in [-0.1, -0.05) is 5.92 Å². The number of aliphatic hydroxyl groups is 1. The van der Waals surface area contributed by atoms with Crippen molar-refractivity contribution in [3.05, 3.63) is 57.3 Å². The molecule has 2 heterocycles. The maximum absolute atomic E-state index is 12.3. The number of nitrogens with one attached hydrogen (secondary N) is 2. The molecule has 9 heteroatoms. The third-order valence-corrected chi connectivity index (χ3v) is 5.89. The second-order valence-corrected chi connectivity index (χ2v) is 8.57. The van der Waals surface area contributed by atoms with Crippen LogP contribution < -0.4 is 10.8 Å². The quantitative estimate of drug-likeness (QED) is 0.286. The van der Waals surface area contributed by atoms with Gasteiger partial charge in [0.15, 0.2) is 0 Å². The maximum atomic E-state index is 12.3. The fourth-order valence-corrected chi connectivity index (χ4v) is 4.01. The highest BCUT2D eigenvalue weighted by Crippen LogP contribution is 2.18. The predicted octanol–water partition coefficient (Wildman–Crippen LogP) is 0.968. The van der Waals surface area contributed by atoms with Crippen molar-refractivity contribution in [3.63, 3.8) is 0 Å². The lowest BCUT2D eigenvalue weighted by atomic mass is 10.1. The number of morpholine rings is 1. The second-order valence-electron chi connectivity index (χ2n) is 7.40. The van der Waals surface area contributed by atoms with Crippen LogP contribution in [0.5, 0.6) is 0 Å². The highest BCUT2D eigenvalue weighted by atomic mass is 32.1. The summed E-state index contributed by atoms with van der Waals surface area (Å²) in [5.74, 6) is 10.2. The van der Waals surface area contributed by atoms with Gasteiger partial charge in [0.25, 0.3) is 11.8 Å². The molecule has 1 aromatic heterocycles. The van der Waals surface area contributed by atoms with E-state index < -0.39 is 24.0 Å². The molecular weight excluding hydrogens is 442 g/mol. The maximum Gasteiger partial charge on any atom is 0.268 e. The van der Waals surface area contributed by atoms with Gasteiger partial charge in [-0.25, -0.2) is 5.48 Å². The minimum atomic E-state index is -1.27. The molecule has 1 aromatic carbocycles. The molecule has 8 nitrogen and oxygen atoms in total. The zero-order chi connectivity index (χ0) is 23.6. The Morgan fingerprint density at radius 2 is 1.82 bits per heavy atom. The van der Waals surface area contributed by atoms with Crippen LogP contribution >= 0.6 is 11.3 Å². The summed E-state index contributed by atoms with van der Waals surface area (Å²) in [6.07, 6.45) is -1.18. The first kappa shape index (κ1) is 24.5. The van der Waals surface area contributed by atoms with Gasteiger partial charge < -0.3 is 15.2 Å². The third kappa shape index (κ3) is 7.43. The smallest absolute Gasteiger partial charge is 0.268 e. The van der Waals surface area contributed by atoms with E-state index in [1.165, 1.54) is 17.3 Å². The predicted molar refractivity (Wildman–Crippen MR) is 123 cm³/mol. The van der Waals surface area contributed by atoms with Gasteiger partial charge >= 0.3 is 0 Å². The van der Waals surface area contributed by atoms with Gasteiger partial charge in [0, 0.05) is 35.6 Å². The highest BCUT2D eigenvalue weighted by molar-refractivity contribution is 7.12. The van der Waals surface area contributed by atoms with Crippen LogP contribution in [0.15, 0.2) is 36.4 Å². The largest absolute Gasteiger partial charge is 0.391 e. The van der Waals surface area contributed by atoms with Crippen LogP contribution in [0.3, 0.4) is 0 Å². The van der Waals surface area contributed by atoms with Crippen LogP contribution in [0.25, 0.3) is 0 Å². The lowest BCUT2D eigenvalue weighted by Crippen LogP contribution is -2.51. The molecule has 1 saturated heterocycles. The van der Waals surface area contributed by atoms with Gasteiger partial charge in [0.2, 0.25) is 0 Å². The second kappa shape index (κ2) is 12.2. The Labute approximate surface area is 196 Å². The summed E-state index contributed by atoms with van der Waals surface area (Å²) in [4.78, 5) is 28.4. The molecule has 2 amide bonds. The summed E-state index contributed by atoms with van der Waals surface area (Å²) in [5, 5.41) is 20.7. The van der Waals surface area contributed by atoms with E-state index in [9.17, 15) is 14.7 Å². The summed E-state index contributed by atoms with van der Waals surface area (Å²) >= 11 is 1.66. The fraction of sp³-hybridized carbons (Fsp3) is 0.333. The number of hydroxylamine groups is 1.